The number of aromatic nitrogens is 2. The van der Waals surface area contributed by atoms with E-state index in [1.165, 1.54) is 31.2 Å². The molecule has 1 aromatic heterocycles. The lowest BCUT2D eigenvalue weighted by Crippen LogP contribution is -2.27. The quantitative estimate of drug-likeness (QED) is 0.513. The van der Waals surface area contributed by atoms with Crippen molar-refractivity contribution in [3.63, 3.8) is 0 Å². The zero-order valence-corrected chi connectivity index (χ0v) is 17.7. The third-order valence-corrected chi connectivity index (χ3v) is 4.52. The van der Waals surface area contributed by atoms with E-state index in [4.69, 9.17) is 4.74 Å². The number of carbonyl (C=O) groups excluding carboxylic acids is 1. The van der Waals surface area contributed by atoms with Crippen molar-refractivity contribution < 1.29 is 35.9 Å². The van der Waals surface area contributed by atoms with Gasteiger partial charge in [-0.05, 0) is 49.7 Å². The second-order valence-corrected chi connectivity index (χ2v) is 7.32. The molecule has 0 radical (unpaired) electrons. The first-order valence-corrected chi connectivity index (χ1v) is 9.65. The summed E-state index contributed by atoms with van der Waals surface area (Å²) in [5.74, 6) is -1.36. The predicted molar refractivity (Wildman–Crippen MR) is 110 cm³/mol. The number of hydrogen-bond acceptors (Lipinski definition) is 4. The van der Waals surface area contributed by atoms with Gasteiger partial charge in [0.2, 0.25) is 5.43 Å². The number of benzene rings is 2. The highest BCUT2D eigenvalue weighted by molar-refractivity contribution is 6.03. The van der Waals surface area contributed by atoms with Gasteiger partial charge in [0.1, 0.15) is 5.75 Å². The van der Waals surface area contributed by atoms with Crippen molar-refractivity contribution in [3.8, 4) is 11.4 Å². The van der Waals surface area contributed by atoms with Gasteiger partial charge in [0.05, 0.1) is 16.9 Å². The largest absolute Gasteiger partial charge is 0.482 e. The lowest BCUT2D eigenvalue weighted by atomic mass is 10.2. The Morgan fingerprint density at radius 2 is 1.74 bits per heavy atom. The van der Waals surface area contributed by atoms with Crippen LogP contribution < -0.4 is 15.5 Å². The van der Waals surface area contributed by atoms with Crippen molar-refractivity contribution >= 4 is 11.6 Å². The van der Waals surface area contributed by atoms with E-state index in [1.807, 2.05) is 0 Å². The van der Waals surface area contributed by atoms with Crippen molar-refractivity contribution in [2.24, 2.45) is 0 Å². The van der Waals surface area contributed by atoms with E-state index in [-0.39, 0.29) is 22.8 Å². The van der Waals surface area contributed by atoms with Gasteiger partial charge < -0.3 is 10.1 Å². The van der Waals surface area contributed by atoms with E-state index in [9.17, 15) is 35.9 Å². The van der Waals surface area contributed by atoms with E-state index in [0.29, 0.717) is 5.56 Å². The number of hydrogen-bond donors (Lipinski definition) is 1. The summed E-state index contributed by atoms with van der Waals surface area (Å²) in [5.41, 5.74) is -1.95. The van der Waals surface area contributed by atoms with Crippen LogP contribution in [0.2, 0.25) is 0 Å². The molecule has 0 saturated heterocycles. The van der Waals surface area contributed by atoms with Crippen LogP contribution in [0.3, 0.4) is 0 Å². The Kier molecular flexibility index (Phi) is 6.71. The van der Waals surface area contributed by atoms with Crippen LogP contribution in [0.15, 0.2) is 53.3 Å². The number of rotatable bonds is 5. The zero-order chi connectivity index (χ0) is 25.3. The number of halogens is 6. The molecule has 34 heavy (non-hydrogen) atoms. The number of anilines is 1. The van der Waals surface area contributed by atoms with Crippen LogP contribution in [0.4, 0.5) is 32.0 Å². The molecule has 0 unspecified atom stereocenters. The summed E-state index contributed by atoms with van der Waals surface area (Å²) >= 11 is 0. The lowest BCUT2D eigenvalue weighted by molar-refractivity contribution is -0.153. The van der Waals surface area contributed by atoms with Crippen molar-refractivity contribution in [3.05, 3.63) is 81.3 Å². The lowest BCUT2D eigenvalue weighted by Gasteiger charge is -2.15. The minimum absolute atomic E-state index is 0.0501. The second kappa shape index (κ2) is 9.20. The smallest absolute Gasteiger partial charge is 0.422 e. The molecule has 0 atom stereocenters. The molecule has 0 aliphatic heterocycles. The van der Waals surface area contributed by atoms with Crippen LogP contribution in [0.25, 0.3) is 5.69 Å². The van der Waals surface area contributed by atoms with Crippen LogP contribution in [0.5, 0.6) is 5.75 Å². The molecule has 0 saturated carbocycles. The summed E-state index contributed by atoms with van der Waals surface area (Å²) in [5, 5.41) is 6.18. The van der Waals surface area contributed by atoms with Crippen LogP contribution in [-0.2, 0) is 6.18 Å². The van der Waals surface area contributed by atoms with Crippen LogP contribution in [-0.4, -0.2) is 28.5 Å². The normalized spacial score (nSPS) is 11.9. The summed E-state index contributed by atoms with van der Waals surface area (Å²) in [6, 6.07) is 9.18. The monoisotopic (exact) mass is 485 g/mol. The molecule has 0 bridgehead atoms. The van der Waals surface area contributed by atoms with Crippen LogP contribution >= 0.6 is 0 Å². The predicted octanol–water partition coefficient (Wildman–Crippen LogP) is 5.06. The van der Waals surface area contributed by atoms with Crippen LogP contribution in [0, 0.1) is 13.8 Å². The Morgan fingerprint density at radius 3 is 2.38 bits per heavy atom. The molecule has 1 amide bonds. The number of ether oxygens (including phenoxy) is 1. The second-order valence-electron chi connectivity index (χ2n) is 7.32. The molecule has 12 heteroatoms. The van der Waals surface area contributed by atoms with Gasteiger partial charge in [-0.2, -0.15) is 31.4 Å². The van der Waals surface area contributed by atoms with Crippen LogP contribution in [0.1, 0.15) is 27.3 Å². The van der Waals surface area contributed by atoms with E-state index in [0.717, 1.165) is 28.9 Å². The summed E-state index contributed by atoms with van der Waals surface area (Å²) in [7, 11) is 0. The van der Waals surface area contributed by atoms with Gasteiger partial charge in [0, 0.05) is 11.8 Å². The number of nitrogens with one attached hydrogen (secondary N) is 1. The minimum Gasteiger partial charge on any atom is -0.482 e. The summed E-state index contributed by atoms with van der Waals surface area (Å²) in [6.45, 7) is 1.41. The zero-order valence-electron chi connectivity index (χ0n) is 17.7. The van der Waals surface area contributed by atoms with Gasteiger partial charge in [0.25, 0.3) is 5.91 Å². The van der Waals surface area contributed by atoms with E-state index < -0.39 is 41.6 Å². The minimum atomic E-state index is -4.62. The molecular formula is C22H17F6N3O3. The molecular weight excluding hydrogens is 468 g/mol. The summed E-state index contributed by atoms with van der Waals surface area (Å²) in [6.07, 6.45) is -9.25. The molecule has 0 aliphatic carbocycles. The van der Waals surface area contributed by atoms with E-state index in [1.54, 1.807) is 6.92 Å². The standard InChI is InChI=1S/C22H17F6N3O3/c1-12-6-7-16(18(8-12)34-11-21(23,24)25)29-20(33)19-17(32)9-13(2)31(30-19)15-5-3-4-14(10-15)22(26,27)28/h3-10H,11H2,1-2H3,(H,29,33). The van der Waals surface area contributed by atoms with Gasteiger partial charge >= 0.3 is 12.4 Å². The fourth-order valence-corrected chi connectivity index (χ4v) is 2.97. The molecule has 0 spiro atoms. The van der Waals surface area contributed by atoms with Crippen molar-refractivity contribution in [2.45, 2.75) is 26.2 Å². The highest BCUT2D eigenvalue weighted by Gasteiger charge is 2.31. The van der Waals surface area contributed by atoms with Crippen molar-refractivity contribution in [1.82, 2.24) is 9.78 Å². The molecule has 0 aliphatic rings. The van der Waals surface area contributed by atoms with E-state index >= 15 is 0 Å². The third kappa shape index (κ3) is 5.94. The number of carbonyl (C=O) groups is 1. The average Bonchev–Trinajstić information content (AvgIpc) is 2.72. The number of alkyl halides is 6. The first-order chi connectivity index (χ1) is 15.7. The topological polar surface area (TPSA) is 73.2 Å². The van der Waals surface area contributed by atoms with Gasteiger partial charge in [-0.25, -0.2) is 4.68 Å². The third-order valence-electron chi connectivity index (χ3n) is 4.52. The molecule has 0 fully saturated rings. The summed E-state index contributed by atoms with van der Waals surface area (Å²) in [4.78, 5) is 25.1. The molecule has 3 aromatic rings. The molecule has 6 nitrogen and oxygen atoms in total. The fourth-order valence-electron chi connectivity index (χ4n) is 2.97. The van der Waals surface area contributed by atoms with Gasteiger partial charge in [0.15, 0.2) is 12.3 Å². The maximum absolute atomic E-state index is 13.1. The highest BCUT2D eigenvalue weighted by atomic mass is 19.4. The Morgan fingerprint density at radius 1 is 1.03 bits per heavy atom. The number of nitrogens with zero attached hydrogens (tertiary/aromatic N) is 2. The number of aryl methyl sites for hydroxylation is 2. The maximum Gasteiger partial charge on any atom is 0.422 e. The molecule has 1 heterocycles. The molecule has 1 N–H and O–H groups in total. The van der Waals surface area contributed by atoms with E-state index in [2.05, 4.69) is 10.4 Å². The van der Waals surface area contributed by atoms with Crippen molar-refractivity contribution in [1.29, 1.82) is 0 Å². The molecule has 3 rings (SSSR count). The Labute approximate surface area is 188 Å². The molecule has 180 valence electrons. The Bertz CT molecular complexity index is 1280. The van der Waals surface area contributed by atoms with Crippen molar-refractivity contribution in [2.75, 3.05) is 11.9 Å². The fraction of sp³-hybridized carbons (Fsp3) is 0.227. The van der Waals surface area contributed by atoms with Gasteiger partial charge in [-0.3, -0.25) is 9.59 Å². The average molecular weight is 485 g/mol. The first-order valence-electron chi connectivity index (χ1n) is 9.65. The van der Waals surface area contributed by atoms with Gasteiger partial charge in [-0.15, -0.1) is 0 Å². The Balaban J connectivity index is 1.97. The molecule has 2 aromatic carbocycles. The Hall–Kier alpha value is -3.83. The first kappa shape index (κ1) is 24.8. The highest BCUT2D eigenvalue weighted by Crippen LogP contribution is 2.31. The SMILES string of the molecule is Cc1ccc(NC(=O)c2nn(-c3cccc(C(F)(F)F)c3)c(C)cc2=O)c(OCC(F)(F)F)c1. The number of amides is 1. The maximum atomic E-state index is 13.1. The van der Waals surface area contributed by atoms with Gasteiger partial charge in [-0.1, -0.05) is 12.1 Å². The summed E-state index contributed by atoms with van der Waals surface area (Å²) < 4.78 is 82.7.